The van der Waals surface area contributed by atoms with Gasteiger partial charge in [-0.25, -0.2) is 9.37 Å². The predicted octanol–water partition coefficient (Wildman–Crippen LogP) is 3.29. The largest absolute Gasteiger partial charge is 0.476 e. The van der Waals surface area contributed by atoms with Crippen LogP contribution in [0.15, 0.2) is 41.1 Å². The van der Waals surface area contributed by atoms with E-state index in [4.69, 9.17) is 13.9 Å². The Balaban J connectivity index is 1.32. The second-order valence-electron chi connectivity index (χ2n) is 7.10. The van der Waals surface area contributed by atoms with Crippen molar-refractivity contribution >= 4 is 5.91 Å². The maximum atomic E-state index is 13.6. The molecular formula is C20H23FN2O4. The second kappa shape index (κ2) is 7.68. The summed E-state index contributed by atoms with van der Waals surface area (Å²) in [6.07, 6.45) is 6.36. The first-order valence-electron chi connectivity index (χ1n) is 9.38. The van der Waals surface area contributed by atoms with E-state index < -0.39 is 5.82 Å². The van der Waals surface area contributed by atoms with E-state index in [2.05, 4.69) is 4.98 Å². The molecule has 1 amide bonds. The zero-order valence-electron chi connectivity index (χ0n) is 15.1. The Morgan fingerprint density at radius 2 is 2.19 bits per heavy atom. The van der Waals surface area contributed by atoms with Gasteiger partial charge >= 0.3 is 0 Å². The third-order valence-electron chi connectivity index (χ3n) is 5.66. The lowest BCUT2D eigenvalue weighted by Gasteiger charge is -2.42. The first-order valence-corrected chi connectivity index (χ1v) is 9.38. The second-order valence-corrected chi connectivity index (χ2v) is 7.10. The van der Waals surface area contributed by atoms with Gasteiger partial charge in [-0.2, -0.15) is 0 Å². The number of hydrogen-bond donors (Lipinski definition) is 0. The van der Waals surface area contributed by atoms with Gasteiger partial charge < -0.3 is 18.8 Å². The number of rotatable bonds is 5. The lowest BCUT2D eigenvalue weighted by molar-refractivity contribution is -0.0652. The maximum Gasteiger partial charge on any atom is 0.289 e. The number of amides is 1. The number of hydrogen-bond acceptors (Lipinski definition) is 5. The molecule has 2 aliphatic rings. The number of likely N-dealkylation sites (tertiary alicyclic amines) is 1. The molecule has 2 aromatic rings. The number of furan rings is 1. The SMILES string of the molecule is O=C(c1ccco1)N1CCC2(CC1)OCCC2CCOc1ncccc1F. The summed E-state index contributed by atoms with van der Waals surface area (Å²) >= 11 is 0. The number of carbonyl (C=O) groups is 1. The molecule has 4 heterocycles. The fraction of sp³-hybridized carbons (Fsp3) is 0.500. The molecule has 0 radical (unpaired) electrons. The van der Waals surface area contributed by atoms with Crippen molar-refractivity contribution in [1.29, 1.82) is 0 Å². The van der Waals surface area contributed by atoms with Gasteiger partial charge in [0.25, 0.3) is 5.91 Å². The van der Waals surface area contributed by atoms with Crippen molar-refractivity contribution in [3.8, 4) is 5.88 Å². The number of carbonyl (C=O) groups excluding carboxylic acids is 1. The van der Waals surface area contributed by atoms with E-state index in [1.54, 1.807) is 18.2 Å². The lowest BCUT2D eigenvalue weighted by atomic mass is 9.78. The van der Waals surface area contributed by atoms with Crippen LogP contribution in [-0.4, -0.2) is 47.7 Å². The van der Waals surface area contributed by atoms with E-state index in [0.29, 0.717) is 31.4 Å². The molecular weight excluding hydrogens is 351 g/mol. The molecule has 0 bridgehead atoms. The van der Waals surface area contributed by atoms with Gasteiger partial charge in [-0.15, -0.1) is 0 Å². The zero-order valence-corrected chi connectivity index (χ0v) is 15.1. The molecule has 7 heteroatoms. The van der Waals surface area contributed by atoms with E-state index in [9.17, 15) is 9.18 Å². The van der Waals surface area contributed by atoms with Gasteiger partial charge in [0.05, 0.1) is 18.5 Å². The highest BCUT2D eigenvalue weighted by molar-refractivity contribution is 5.91. The number of pyridine rings is 1. The van der Waals surface area contributed by atoms with Crippen molar-refractivity contribution in [2.45, 2.75) is 31.3 Å². The van der Waals surface area contributed by atoms with Gasteiger partial charge in [-0.05, 0) is 55.9 Å². The van der Waals surface area contributed by atoms with Gasteiger partial charge in [-0.3, -0.25) is 4.79 Å². The molecule has 2 saturated heterocycles. The van der Waals surface area contributed by atoms with Crippen molar-refractivity contribution in [2.75, 3.05) is 26.3 Å². The molecule has 1 spiro atoms. The summed E-state index contributed by atoms with van der Waals surface area (Å²) in [6.45, 7) is 2.41. The number of aromatic nitrogens is 1. The Hall–Kier alpha value is -2.41. The topological polar surface area (TPSA) is 64.8 Å². The van der Waals surface area contributed by atoms with Crippen LogP contribution in [-0.2, 0) is 4.74 Å². The average molecular weight is 374 g/mol. The van der Waals surface area contributed by atoms with Crippen LogP contribution < -0.4 is 4.74 Å². The van der Waals surface area contributed by atoms with Gasteiger partial charge in [0.2, 0.25) is 5.88 Å². The minimum absolute atomic E-state index is 0.0457. The van der Waals surface area contributed by atoms with Crippen LogP contribution in [0.25, 0.3) is 0 Å². The minimum atomic E-state index is -0.445. The van der Waals surface area contributed by atoms with E-state index in [1.165, 1.54) is 18.5 Å². The molecule has 0 saturated carbocycles. The van der Waals surface area contributed by atoms with Crippen LogP contribution in [0.3, 0.4) is 0 Å². The van der Waals surface area contributed by atoms with Crippen molar-refractivity contribution in [3.05, 3.63) is 48.3 Å². The van der Waals surface area contributed by atoms with E-state index >= 15 is 0 Å². The van der Waals surface area contributed by atoms with E-state index in [1.807, 2.05) is 4.90 Å². The third-order valence-corrected chi connectivity index (χ3v) is 5.66. The molecule has 4 rings (SSSR count). The Morgan fingerprint density at radius 1 is 1.33 bits per heavy atom. The first kappa shape index (κ1) is 18.0. The molecule has 144 valence electrons. The molecule has 0 aliphatic carbocycles. The van der Waals surface area contributed by atoms with Crippen LogP contribution in [0.1, 0.15) is 36.2 Å². The van der Waals surface area contributed by atoms with E-state index in [0.717, 1.165) is 32.3 Å². The van der Waals surface area contributed by atoms with Gasteiger partial charge in [-0.1, -0.05) is 0 Å². The Kier molecular flexibility index (Phi) is 5.11. The average Bonchev–Trinajstić information content (AvgIpc) is 3.35. The van der Waals surface area contributed by atoms with Crippen molar-refractivity contribution in [1.82, 2.24) is 9.88 Å². The molecule has 0 N–H and O–H groups in total. The minimum Gasteiger partial charge on any atom is -0.476 e. The summed E-state index contributed by atoms with van der Waals surface area (Å²) in [6, 6.07) is 6.29. The predicted molar refractivity (Wildman–Crippen MR) is 94.9 cm³/mol. The molecule has 2 aliphatic heterocycles. The highest BCUT2D eigenvalue weighted by Gasteiger charge is 2.46. The normalized spacial score (nSPS) is 21.5. The monoisotopic (exact) mass is 374 g/mol. The lowest BCUT2D eigenvalue weighted by Crippen LogP contribution is -2.49. The fourth-order valence-electron chi connectivity index (χ4n) is 4.16. The van der Waals surface area contributed by atoms with Crippen LogP contribution in [0.2, 0.25) is 0 Å². The van der Waals surface area contributed by atoms with Gasteiger partial charge in [0, 0.05) is 25.9 Å². The number of halogens is 1. The van der Waals surface area contributed by atoms with Crippen LogP contribution >= 0.6 is 0 Å². The molecule has 6 nitrogen and oxygen atoms in total. The fourth-order valence-corrected chi connectivity index (χ4v) is 4.16. The molecule has 1 atom stereocenters. The Morgan fingerprint density at radius 3 is 2.93 bits per heavy atom. The van der Waals surface area contributed by atoms with Crippen LogP contribution in [0.4, 0.5) is 4.39 Å². The molecule has 27 heavy (non-hydrogen) atoms. The summed E-state index contributed by atoms with van der Waals surface area (Å²) in [5.41, 5.74) is -0.216. The number of nitrogens with zero attached hydrogens (tertiary/aromatic N) is 2. The third kappa shape index (κ3) is 3.69. The summed E-state index contributed by atoms with van der Waals surface area (Å²) in [5, 5.41) is 0. The summed E-state index contributed by atoms with van der Waals surface area (Å²) in [5.74, 6) is 0.244. The zero-order chi connectivity index (χ0) is 18.7. The highest BCUT2D eigenvalue weighted by atomic mass is 19.1. The van der Waals surface area contributed by atoms with Gasteiger partial charge in [0.1, 0.15) is 0 Å². The van der Waals surface area contributed by atoms with Crippen molar-refractivity contribution in [2.24, 2.45) is 5.92 Å². The quantitative estimate of drug-likeness (QED) is 0.804. The van der Waals surface area contributed by atoms with Gasteiger partial charge in [0.15, 0.2) is 11.6 Å². The van der Waals surface area contributed by atoms with E-state index in [-0.39, 0.29) is 17.4 Å². The molecule has 2 fully saturated rings. The summed E-state index contributed by atoms with van der Waals surface area (Å²) in [7, 11) is 0. The Labute approximate surface area is 157 Å². The smallest absolute Gasteiger partial charge is 0.289 e. The van der Waals surface area contributed by atoms with Crippen LogP contribution in [0.5, 0.6) is 5.88 Å². The molecule has 0 aromatic carbocycles. The van der Waals surface area contributed by atoms with Crippen molar-refractivity contribution in [3.63, 3.8) is 0 Å². The summed E-state index contributed by atoms with van der Waals surface area (Å²) < 4.78 is 30.5. The Bertz CT molecular complexity index is 772. The number of ether oxygens (including phenoxy) is 2. The van der Waals surface area contributed by atoms with Crippen molar-refractivity contribution < 1.29 is 23.1 Å². The molecule has 2 aromatic heterocycles. The first-order chi connectivity index (χ1) is 13.2. The highest BCUT2D eigenvalue weighted by Crippen LogP contribution is 2.42. The maximum absolute atomic E-state index is 13.6. The standard InChI is InChI=1S/C20H23FN2O4/c21-16-3-1-9-22-18(16)26-13-5-15-6-14-27-20(15)7-10-23(11-8-20)19(24)17-4-2-12-25-17/h1-4,9,12,15H,5-8,10-11,13-14H2. The van der Waals surface area contributed by atoms with Crippen LogP contribution in [0, 0.1) is 11.7 Å². The molecule has 1 unspecified atom stereocenters. The summed E-state index contributed by atoms with van der Waals surface area (Å²) in [4.78, 5) is 18.2. The number of piperidine rings is 1.